The van der Waals surface area contributed by atoms with Gasteiger partial charge in [-0.05, 0) is 95.4 Å². The molecule has 8 heteroatoms. The smallest absolute Gasteiger partial charge is 0.135 e. The highest BCUT2D eigenvalue weighted by molar-refractivity contribution is 9.11. The number of hydrogen-bond donors (Lipinski definition) is 0. The number of benzene rings is 2. The zero-order chi connectivity index (χ0) is 25.1. The lowest BCUT2D eigenvalue weighted by Gasteiger charge is -2.25. The van der Waals surface area contributed by atoms with Gasteiger partial charge in [-0.15, -0.1) is 0 Å². The van der Waals surface area contributed by atoms with Crippen molar-refractivity contribution in [3.8, 4) is 11.5 Å². The Hall–Kier alpha value is -2.06. The maximum Gasteiger partial charge on any atom is 0.135 e. The third-order valence-corrected chi connectivity index (χ3v) is 8.67. The van der Waals surface area contributed by atoms with Crippen LogP contribution in [-0.2, 0) is 13.1 Å². The highest BCUT2D eigenvalue weighted by Gasteiger charge is 2.20. The van der Waals surface area contributed by atoms with Gasteiger partial charge in [-0.3, -0.25) is 0 Å². The molecule has 0 aliphatic heterocycles. The number of halogens is 2. The molecule has 0 saturated heterocycles. The van der Waals surface area contributed by atoms with Crippen molar-refractivity contribution in [3.05, 3.63) is 45.9 Å². The van der Waals surface area contributed by atoms with Gasteiger partial charge >= 0.3 is 0 Å². The van der Waals surface area contributed by atoms with Gasteiger partial charge in [0.2, 0.25) is 0 Å². The molecule has 2 aromatic heterocycles. The van der Waals surface area contributed by atoms with Crippen LogP contribution in [0.2, 0.25) is 0 Å². The summed E-state index contributed by atoms with van der Waals surface area (Å²) in [5, 5.41) is 0. The van der Waals surface area contributed by atoms with Crippen molar-refractivity contribution in [1.29, 1.82) is 0 Å². The Labute approximate surface area is 229 Å². The highest BCUT2D eigenvalue weighted by atomic mass is 79.9. The summed E-state index contributed by atoms with van der Waals surface area (Å²) in [4.78, 5) is 8.81. The number of aryl methyl sites for hydroxylation is 2. The van der Waals surface area contributed by atoms with Crippen molar-refractivity contribution in [2.24, 2.45) is 11.8 Å². The van der Waals surface area contributed by atoms with Crippen LogP contribution >= 0.6 is 31.9 Å². The van der Waals surface area contributed by atoms with Crippen LogP contribution in [0.5, 0.6) is 11.5 Å². The van der Waals surface area contributed by atoms with Gasteiger partial charge in [-0.2, -0.15) is 0 Å². The lowest BCUT2D eigenvalue weighted by molar-refractivity contribution is 0.180. The third kappa shape index (κ3) is 5.59. The second-order valence-corrected chi connectivity index (χ2v) is 11.5. The fraction of sp³-hybridized carbons (Fsp3) is 0.500. The van der Waals surface area contributed by atoms with Crippen molar-refractivity contribution >= 4 is 53.9 Å². The minimum Gasteiger partial charge on any atom is -0.492 e. The average Bonchev–Trinajstić information content (AvgIpc) is 3.40. The molecule has 2 aliphatic carbocycles. The van der Waals surface area contributed by atoms with E-state index in [0.29, 0.717) is 0 Å². The molecule has 36 heavy (non-hydrogen) atoms. The Morgan fingerprint density at radius 3 is 1.69 bits per heavy atom. The highest BCUT2D eigenvalue weighted by Crippen LogP contribution is 2.34. The molecule has 6 rings (SSSR count). The molecule has 0 spiro atoms. The van der Waals surface area contributed by atoms with E-state index in [1.54, 1.807) is 0 Å². The standard InChI is InChI=1S/2C14H17BrN2O/c1-2-17-9-16-12-7-14(11(15)6-13(12)17)18-8-10-4-3-5-10;1-2-17-9-16-12-6-11(15)14(7-13(12)17)18-8-10-4-3-5-10/h2*6-7,9-10H,2-5,8H2,1H3. The molecule has 2 aromatic carbocycles. The summed E-state index contributed by atoms with van der Waals surface area (Å²) < 4.78 is 18.1. The third-order valence-electron chi connectivity index (χ3n) is 7.43. The average molecular weight is 618 g/mol. The van der Waals surface area contributed by atoms with Gasteiger partial charge in [0, 0.05) is 25.2 Å². The van der Waals surface area contributed by atoms with Gasteiger partial charge in [0.15, 0.2) is 0 Å². The Balaban J connectivity index is 0.000000148. The molecular formula is C28H34Br2N4O2. The number of hydrogen-bond acceptors (Lipinski definition) is 4. The van der Waals surface area contributed by atoms with Crippen LogP contribution in [-0.4, -0.2) is 32.3 Å². The Kier molecular flexibility index (Phi) is 8.21. The molecule has 0 amide bonds. The summed E-state index contributed by atoms with van der Waals surface area (Å²) in [6, 6.07) is 8.26. The van der Waals surface area contributed by atoms with Crippen molar-refractivity contribution in [2.45, 2.75) is 65.5 Å². The van der Waals surface area contributed by atoms with Crippen LogP contribution in [0.3, 0.4) is 0 Å². The number of imidazole rings is 2. The Bertz CT molecular complexity index is 1320. The SMILES string of the molecule is CCn1cnc2cc(Br)c(OCC3CCC3)cc21.CCn1cnc2cc(OCC3CCC3)c(Br)cc21. The quantitative estimate of drug-likeness (QED) is 0.201. The van der Waals surface area contributed by atoms with E-state index in [2.05, 4.69) is 76.9 Å². The maximum atomic E-state index is 5.93. The van der Waals surface area contributed by atoms with Crippen molar-refractivity contribution < 1.29 is 9.47 Å². The van der Waals surface area contributed by atoms with Gasteiger partial charge in [-0.1, -0.05) is 12.8 Å². The van der Waals surface area contributed by atoms with Crippen LogP contribution in [0.15, 0.2) is 45.9 Å². The van der Waals surface area contributed by atoms with Crippen LogP contribution < -0.4 is 9.47 Å². The van der Waals surface area contributed by atoms with E-state index in [1.165, 1.54) is 38.5 Å². The van der Waals surface area contributed by atoms with Crippen molar-refractivity contribution in [1.82, 2.24) is 19.1 Å². The number of nitrogens with zero attached hydrogens (tertiary/aromatic N) is 4. The monoisotopic (exact) mass is 616 g/mol. The molecule has 2 fully saturated rings. The van der Waals surface area contributed by atoms with E-state index < -0.39 is 0 Å². The number of rotatable bonds is 8. The summed E-state index contributed by atoms with van der Waals surface area (Å²) in [6.07, 6.45) is 11.7. The molecule has 6 nitrogen and oxygen atoms in total. The lowest BCUT2D eigenvalue weighted by atomic mass is 9.86. The van der Waals surface area contributed by atoms with Gasteiger partial charge in [-0.25, -0.2) is 9.97 Å². The fourth-order valence-electron chi connectivity index (χ4n) is 4.58. The summed E-state index contributed by atoms with van der Waals surface area (Å²) in [5.74, 6) is 3.35. The maximum absolute atomic E-state index is 5.93. The molecule has 4 aromatic rings. The first-order valence-corrected chi connectivity index (χ1v) is 14.7. The molecule has 0 atom stereocenters. The molecule has 0 N–H and O–H groups in total. The number of aromatic nitrogens is 4. The zero-order valence-electron chi connectivity index (χ0n) is 21.1. The minimum absolute atomic E-state index is 0.751. The van der Waals surface area contributed by atoms with Crippen molar-refractivity contribution in [2.75, 3.05) is 13.2 Å². The molecule has 2 heterocycles. The first kappa shape index (κ1) is 25.6. The molecule has 2 aliphatic rings. The molecule has 192 valence electrons. The first-order chi connectivity index (χ1) is 17.6. The van der Waals surface area contributed by atoms with E-state index in [4.69, 9.17) is 9.47 Å². The van der Waals surface area contributed by atoms with Gasteiger partial charge in [0.1, 0.15) is 11.5 Å². The van der Waals surface area contributed by atoms with Gasteiger partial charge < -0.3 is 18.6 Å². The number of ether oxygens (including phenoxy) is 2. The summed E-state index contributed by atoms with van der Waals surface area (Å²) in [5.41, 5.74) is 4.31. The predicted octanol–water partition coefficient (Wildman–Crippen LogP) is 8.00. The summed E-state index contributed by atoms with van der Waals surface area (Å²) in [6.45, 7) is 7.78. The fourth-order valence-corrected chi connectivity index (χ4v) is 5.47. The molecule has 2 saturated carbocycles. The molecule has 0 bridgehead atoms. The second-order valence-electron chi connectivity index (χ2n) is 9.82. The first-order valence-electron chi connectivity index (χ1n) is 13.1. The van der Waals surface area contributed by atoms with E-state index in [9.17, 15) is 0 Å². The van der Waals surface area contributed by atoms with Crippen LogP contribution in [0.1, 0.15) is 52.4 Å². The van der Waals surface area contributed by atoms with Crippen LogP contribution in [0.25, 0.3) is 22.1 Å². The van der Waals surface area contributed by atoms with E-state index in [-0.39, 0.29) is 0 Å². The van der Waals surface area contributed by atoms with Crippen LogP contribution in [0.4, 0.5) is 0 Å². The Morgan fingerprint density at radius 1 is 0.722 bits per heavy atom. The zero-order valence-corrected chi connectivity index (χ0v) is 24.2. The Morgan fingerprint density at radius 2 is 1.19 bits per heavy atom. The molecule has 0 unspecified atom stereocenters. The molecular weight excluding hydrogens is 584 g/mol. The summed E-state index contributed by atoms with van der Waals surface area (Å²) in [7, 11) is 0. The van der Waals surface area contributed by atoms with E-state index >= 15 is 0 Å². The van der Waals surface area contributed by atoms with E-state index in [0.717, 1.165) is 80.7 Å². The minimum atomic E-state index is 0.751. The molecule has 0 radical (unpaired) electrons. The predicted molar refractivity (Wildman–Crippen MR) is 152 cm³/mol. The van der Waals surface area contributed by atoms with Crippen molar-refractivity contribution in [3.63, 3.8) is 0 Å². The number of fused-ring (bicyclic) bond motifs is 2. The van der Waals surface area contributed by atoms with Crippen LogP contribution in [0, 0.1) is 11.8 Å². The normalized spacial score (nSPS) is 15.9. The van der Waals surface area contributed by atoms with Gasteiger partial charge in [0.25, 0.3) is 0 Å². The lowest BCUT2D eigenvalue weighted by Crippen LogP contribution is -2.19. The second kappa shape index (κ2) is 11.5. The van der Waals surface area contributed by atoms with E-state index in [1.807, 2.05) is 24.8 Å². The topological polar surface area (TPSA) is 54.1 Å². The largest absolute Gasteiger partial charge is 0.492 e. The van der Waals surface area contributed by atoms with Gasteiger partial charge in [0.05, 0.1) is 56.9 Å². The summed E-state index contributed by atoms with van der Waals surface area (Å²) >= 11 is 7.15.